The molecule has 34 heavy (non-hydrogen) atoms. The lowest BCUT2D eigenvalue weighted by Crippen LogP contribution is -2.10. The van der Waals surface area contributed by atoms with E-state index in [0.717, 1.165) is 39.1 Å². The molecule has 0 aliphatic rings. The summed E-state index contributed by atoms with van der Waals surface area (Å²) in [6.45, 7) is 5.46. The number of fused-ring (bicyclic) bond motifs is 1. The normalized spacial score (nSPS) is 11.7. The fraction of sp³-hybridized carbons (Fsp3) is 0.222. The molecule has 1 atom stereocenters. The van der Waals surface area contributed by atoms with Gasteiger partial charge in [-0.3, -0.25) is 4.79 Å². The van der Waals surface area contributed by atoms with Crippen molar-refractivity contribution in [2.24, 2.45) is 0 Å². The van der Waals surface area contributed by atoms with E-state index in [1.54, 1.807) is 14.2 Å². The van der Waals surface area contributed by atoms with Crippen LogP contribution < -0.4 is 20.1 Å². The molecule has 4 rings (SSSR count). The number of hydrogen-bond donors (Lipinski definition) is 2. The average molecular weight is 457 g/mol. The number of hydrogen-bond acceptors (Lipinski definition) is 6. The van der Waals surface area contributed by atoms with Crippen molar-refractivity contribution >= 4 is 28.3 Å². The minimum atomic E-state index is -0.100. The number of nitrogens with one attached hydrogen (secondary N) is 2. The molecule has 0 fully saturated rings. The Morgan fingerprint density at radius 3 is 2.41 bits per heavy atom. The van der Waals surface area contributed by atoms with E-state index in [4.69, 9.17) is 9.47 Å². The summed E-state index contributed by atoms with van der Waals surface area (Å²) in [5.74, 6) is 2.52. The molecule has 0 spiro atoms. The first kappa shape index (κ1) is 23.0. The highest BCUT2D eigenvalue weighted by Gasteiger charge is 2.15. The second-order valence-corrected chi connectivity index (χ2v) is 8.06. The van der Waals surface area contributed by atoms with Gasteiger partial charge in [0.05, 0.1) is 19.7 Å². The van der Waals surface area contributed by atoms with Gasteiger partial charge in [-0.1, -0.05) is 36.4 Å². The molecule has 7 nitrogen and oxygen atoms in total. The molecule has 4 aromatic rings. The van der Waals surface area contributed by atoms with Crippen molar-refractivity contribution in [3.05, 3.63) is 72.1 Å². The number of aryl methyl sites for hydroxylation is 1. The zero-order valence-electron chi connectivity index (χ0n) is 20.0. The number of methoxy groups -OCH3 is 2. The first-order chi connectivity index (χ1) is 16.4. The Bertz CT molecular complexity index is 1350. The van der Waals surface area contributed by atoms with Crippen LogP contribution in [0.15, 0.2) is 60.7 Å². The van der Waals surface area contributed by atoms with Crippen LogP contribution in [0.25, 0.3) is 22.0 Å². The van der Waals surface area contributed by atoms with Crippen LogP contribution in [0.5, 0.6) is 11.5 Å². The van der Waals surface area contributed by atoms with Crippen LogP contribution in [0.3, 0.4) is 0 Å². The van der Waals surface area contributed by atoms with E-state index in [9.17, 15) is 4.79 Å². The Balaban J connectivity index is 1.70. The maximum absolute atomic E-state index is 11.6. The van der Waals surface area contributed by atoms with Crippen LogP contribution in [0.2, 0.25) is 0 Å². The maximum atomic E-state index is 11.6. The van der Waals surface area contributed by atoms with Crippen LogP contribution in [0, 0.1) is 6.92 Å². The monoisotopic (exact) mass is 456 g/mol. The molecule has 7 heteroatoms. The predicted octanol–water partition coefficient (Wildman–Crippen LogP) is 5.75. The van der Waals surface area contributed by atoms with Gasteiger partial charge in [0, 0.05) is 35.7 Å². The van der Waals surface area contributed by atoms with E-state index in [0.29, 0.717) is 17.3 Å². The second kappa shape index (κ2) is 9.79. The standard InChI is InChI=1S/C27H28N4O3/c1-16(19-9-8-10-20(13-19)21-11-6-7-12-23(21)31-18(3)32)28-27-22-14-25(33-4)26(34-5)15-24(22)29-17(2)30-27/h6-16H,1-5H3,(H,31,32)(H,28,29,30)/t16-/m1/s1. The zero-order chi connectivity index (χ0) is 24.2. The number of ether oxygens (including phenoxy) is 2. The number of benzene rings is 3. The van der Waals surface area contributed by atoms with Gasteiger partial charge in [0.25, 0.3) is 0 Å². The second-order valence-electron chi connectivity index (χ2n) is 8.06. The lowest BCUT2D eigenvalue weighted by Gasteiger charge is -2.19. The average Bonchev–Trinajstić information content (AvgIpc) is 2.83. The molecular weight excluding hydrogens is 428 g/mol. The Kier molecular flexibility index (Phi) is 6.63. The SMILES string of the molecule is COc1cc2nc(C)nc(N[C@H](C)c3cccc(-c4ccccc4NC(C)=O)c3)c2cc1OC. The first-order valence-electron chi connectivity index (χ1n) is 11.0. The zero-order valence-corrected chi connectivity index (χ0v) is 20.0. The highest BCUT2D eigenvalue weighted by Crippen LogP contribution is 2.35. The summed E-state index contributed by atoms with van der Waals surface area (Å²) in [5, 5.41) is 7.30. The minimum absolute atomic E-state index is 0.0431. The molecule has 0 bridgehead atoms. The summed E-state index contributed by atoms with van der Waals surface area (Å²) in [5.41, 5.74) is 4.63. The molecule has 0 saturated heterocycles. The van der Waals surface area contributed by atoms with E-state index in [-0.39, 0.29) is 11.9 Å². The van der Waals surface area contributed by atoms with Gasteiger partial charge in [-0.2, -0.15) is 0 Å². The number of anilines is 2. The van der Waals surface area contributed by atoms with Crippen LogP contribution in [0.4, 0.5) is 11.5 Å². The molecule has 0 saturated carbocycles. The lowest BCUT2D eigenvalue weighted by atomic mass is 9.98. The predicted molar refractivity (Wildman–Crippen MR) is 136 cm³/mol. The third-order valence-corrected chi connectivity index (χ3v) is 5.60. The van der Waals surface area contributed by atoms with Crippen LogP contribution in [-0.2, 0) is 4.79 Å². The van der Waals surface area contributed by atoms with Crippen molar-refractivity contribution in [3.8, 4) is 22.6 Å². The molecule has 1 heterocycles. The molecule has 1 aromatic heterocycles. The summed E-state index contributed by atoms with van der Waals surface area (Å²) in [7, 11) is 3.22. The molecule has 0 aliphatic heterocycles. The van der Waals surface area contributed by atoms with Gasteiger partial charge in [-0.25, -0.2) is 9.97 Å². The third-order valence-electron chi connectivity index (χ3n) is 5.60. The molecule has 2 N–H and O–H groups in total. The van der Waals surface area contributed by atoms with E-state index in [2.05, 4.69) is 39.7 Å². The molecule has 3 aromatic carbocycles. The van der Waals surface area contributed by atoms with E-state index in [1.807, 2.05) is 55.5 Å². The van der Waals surface area contributed by atoms with Gasteiger partial charge in [0.1, 0.15) is 11.6 Å². The van der Waals surface area contributed by atoms with E-state index < -0.39 is 0 Å². The molecule has 174 valence electrons. The van der Waals surface area contributed by atoms with Gasteiger partial charge in [0.2, 0.25) is 5.91 Å². The van der Waals surface area contributed by atoms with Crippen molar-refractivity contribution in [1.82, 2.24) is 9.97 Å². The molecule has 0 aliphatic carbocycles. The molecule has 0 unspecified atom stereocenters. The highest BCUT2D eigenvalue weighted by atomic mass is 16.5. The topological polar surface area (TPSA) is 85.4 Å². The number of para-hydroxylation sites is 1. The van der Waals surface area contributed by atoms with Crippen LogP contribution in [0.1, 0.15) is 31.3 Å². The Morgan fingerprint density at radius 2 is 1.68 bits per heavy atom. The van der Waals surface area contributed by atoms with Crippen molar-refractivity contribution in [2.75, 3.05) is 24.9 Å². The van der Waals surface area contributed by atoms with Gasteiger partial charge in [0.15, 0.2) is 11.5 Å². The highest BCUT2D eigenvalue weighted by molar-refractivity contribution is 5.94. The summed E-state index contributed by atoms with van der Waals surface area (Å²) in [6, 6.07) is 19.7. The maximum Gasteiger partial charge on any atom is 0.221 e. The Labute approximate surface area is 199 Å². The summed E-state index contributed by atoms with van der Waals surface area (Å²) < 4.78 is 10.9. The minimum Gasteiger partial charge on any atom is -0.493 e. The van der Waals surface area contributed by atoms with Gasteiger partial charge >= 0.3 is 0 Å². The van der Waals surface area contributed by atoms with Crippen molar-refractivity contribution in [1.29, 1.82) is 0 Å². The molecule has 0 radical (unpaired) electrons. The Hall–Kier alpha value is -4.13. The first-order valence-corrected chi connectivity index (χ1v) is 11.0. The van der Waals surface area contributed by atoms with Crippen LogP contribution in [-0.4, -0.2) is 30.1 Å². The molecular formula is C27H28N4O3. The number of aromatic nitrogens is 2. The number of carbonyl (C=O) groups is 1. The Morgan fingerprint density at radius 1 is 0.941 bits per heavy atom. The molecule has 1 amide bonds. The number of rotatable bonds is 7. The van der Waals surface area contributed by atoms with Gasteiger partial charge < -0.3 is 20.1 Å². The van der Waals surface area contributed by atoms with Crippen LogP contribution >= 0.6 is 0 Å². The quantitative estimate of drug-likeness (QED) is 0.368. The summed E-state index contributed by atoms with van der Waals surface area (Å²) >= 11 is 0. The number of nitrogens with zero attached hydrogens (tertiary/aromatic N) is 2. The van der Waals surface area contributed by atoms with Crippen molar-refractivity contribution < 1.29 is 14.3 Å². The lowest BCUT2D eigenvalue weighted by molar-refractivity contribution is -0.114. The largest absolute Gasteiger partial charge is 0.493 e. The number of carbonyl (C=O) groups excluding carboxylic acids is 1. The third kappa shape index (κ3) is 4.78. The number of amides is 1. The van der Waals surface area contributed by atoms with E-state index in [1.165, 1.54) is 6.92 Å². The summed E-state index contributed by atoms with van der Waals surface area (Å²) in [4.78, 5) is 20.9. The fourth-order valence-corrected chi connectivity index (χ4v) is 3.98. The van der Waals surface area contributed by atoms with E-state index >= 15 is 0 Å². The van der Waals surface area contributed by atoms with Gasteiger partial charge in [-0.05, 0) is 43.2 Å². The smallest absolute Gasteiger partial charge is 0.221 e. The van der Waals surface area contributed by atoms with Crippen molar-refractivity contribution in [2.45, 2.75) is 26.8 Å². The van der Waals surface area contributed by atoms with Crippen molar-refractivity contribution in [3.63, 3.8) is 0 Å². The van der Waals surface area contributed by atoms with Gasteiger partial charge in [-0.15, -0.1) is 0 Å². The fourth-order valence-electron chi connectivity index (χ4n) is 3.98. The summed E-state index contributed by atoms with van der Waals surface area (Å²) in [6.07, 6.45) is 0.